The van der Waals surface area contributed by atoms with Gasteiger partial charge in [-0.15, -0.1) is 0 Å². The van der Waals surface area contributed by atoms with Crippen molar-refractivity contribution in [3.63, 3.8) is 0 Å². The van der Waals surface area contributed by atoms with Crippen LogP contribution in [0.25, 0.3) is 10.9 Å². The van der Waals surface area contributed by atoms with Crippen molar-refractivity contribution in [2.24, 2.45) is 0 Å². The van der Waals surface area contributed by atoms with Crippen molar-refractivity contribution in [3.8, 4) is 5.75 Å². The van der Waals surface area contributed by atoms with Crippen molar-refractivity contribution in [2.45, 2.75) is 12.5 Å². The van der Waals surface area contributed by atoms with E-state index >= 15 is 0 Å². The molecule has 2 heterocycles. The number of pyridine rings is 1. The molecule has 1 aliphatic heterocycles. The molecule has 1 unspecified atom stereocenters. The summed E-state index contributed by atoms with van der Waals surface area (Å²) in [5.41, 5.74) is 1.56. The summed E-state index contributed by atoms with van der Waals surface area (Å²) in [5, 5.41) is 1.06. The Hall–Kier alpha value is -2.40. The maximum absolute atomic E-state index is 12.6. The molecule has 1 amide bonds. The number of para-hydroxylation sites is 1. The Bertz CT molecular complexity index is 923. The molecule has 5 heteroatoms. The first kappa shape index (κ1) is 16.1. The van der Waals surface area contributed by atoms with Gasteiger partial charge in [-0.1, -0.05) is 40.2 Å². The van der Waals surface area contributed by atoms with E-state index < -0.39 is 0 Å². The Morgan fingerprint density at radius 1 is 1.16 bits per heavy atom. The molecule has 1 atom stereocenters. The molecule has 0 spiro atoms. The number of hydrogen-bond donors (Lipinski definition) is 0. The van der Waals surface area contributed by atoms with Gasteiger partial charge < -0.3 is 9.64 Å². The second-order valence-electron chi connectivity index (χ2n) is 6.12. The minimum absolute atomic E-state index is 0.0105. The van der Waals surface area contributed by atoms with Crippen LogP contribution < -0.4 is 4.74 Å². The van der Waals surface area contributed by atoms with Crippen LogP contribution in [0.5, 0.6) is 5.75 Å². The highest BCUT2D eigenvalue weighted by Crippen LogP contribution is 2.26. The molecule has 3 aromatic rings. The predicted molar refractivity (Wildman–Crippen MR) is 101 cm³/mol. The van der Waals surface area contributed by atoms with Crippen LogP contribution in [0.4, 0.5) is 0 Å². The molecule has 0 aliphatic carbocycles. The standard InChI is InChI=1S/C20H17BrN2O2/c21-16-7-1-5-15(12-16)20(24)23-11-9-17(13-23)25-18-8-2-4-14-6-3-10-22-19(14)18/h1-8,10,12,17H,9,11,13H2. The largest absolute Gasteiger partial charge is 0.486 e. The summed E-state index contributed by atoms with van der Waals surface area (Å²) < 4.78 is 7.07. The molecule has 4 nitrogen and oxygen atoms in total. The molecule has 0 saturated carbocycles. The molecular weight excluding hydrogens is 380 g/mol. The van der Waals surface area contributed by atoms with E-state index in [2.05, 4.69) is 20.9 Å². The van der Waals surface area contributed by atoms with Crippen molar-refractivity contribution in [1.29, 1.82) is 0 Å². The molecule has 1 aliphatic rings. The maximum atomic E-state index is 12.6. The fourth-order valence-electron chi connectivity index (χ4n) is 3.16. The molecular formula is C20H17BrN2O2. The Balaban J connectivity index is 1.48. The lowest BCUT2D eigenvalue weighted by Gasteiger charge is -2.18. The predicted octanol–water partition coefficient (Wildman–Crippen LogP) is 4.29. The second-order valence-corrected chi connectivity index (χ2v) is 7.04. The number of ether oxygens (including phenoxy) is 1. The van der Waals surface area contributed by atoms with Gasteiger partial charge in [0.25, 0.3) is 5.91 Å². The van der Waals surface area contributed by atoms with E-state index in [-0.39, 0.29) is 12.0 Å². The van der Waals surface area contributed by atoms with Gasteiger partial charge in [-0.2, -0.15) is 0 Å². The van der Waals surface area contributed by atoms with E-state index in [0.717, 1.165) is 27.5 Å². The molecule has 0 N–H and O–H groups in total. The smallest absolute Gasteiger partial charge is 0.254 e. The molecule has 0 radical (unpaired) electrons. The first-order chi connectivity index (χ1) is 12.2. The zero-order valence-electron chi connectivity index (χ0n) is 13.6. The average Bonchev–Trinajstić information content (AvgIpc) is 3.10. The van der Waals surface area contributed by atoms with Crippen molar-refractivity contribution in [1.82, 2.24) is 9.88 Å². The number of carbonyl (C=O) groups is 1. The molecule has 1 fully saturated rings. The van der Waals surface area contributed by atoms with E-state index in [0.29, 0.717) is 18.7 Å². The average molecular weight is 397 g/mol. The van der Waals surface area contributed by atoms with Gasteiger partial charge in [-0.05, 0) is 30.3 Å². The minimum atomic E-state index is -0.0105. The number of carbonyl (C=O) groups excluding carboxylic acids is 1. The lowest BCUT2D eigenvalue weighted by Crippen LogP contribution is -2.30. The van der Waals surface area contributed by atoms with Gasteiger partial charge in [-0.25, -0.2) is 0 Å². The van der Waals surface area contributed by atoms with E-state index in [1.807, 2.05) is 59.5 Å². The summed E-state index contributed by atoms with van der Waals surface area (Å²) in [7, 11) is 0. The number of nitrogens with zero attached hydrogens (tertiary/aromatic N) is 2. The number of halogens is 1. The minimum Gasteiger partial charge on any atom is -0.486 e. The molecule has 0 bridgehead atoms. The fourth-order valence-corrected chi connectivity index (χ4v) is 3.56. The van der Waals surface area contributed by atoms with Crippen molar-refractivity contribution in [2.75, 3.05) is 13.1 Å². The summed E-state index contributed by atoms with van der Waals surface area (Å²) in [4.78, 5) is 18.9. The summed E-state index contributed by atoms with van der Waals surface area (Å²) in [6.07, 6.45) is 2.58. The highest BCUT2D eigenvalue weighted by atomic mass is 79.9. The summed E-state index contributed by atoms with van der Waals surface area (Å²) >= 11 is 3.42. The van der Waals surface area contributed by atoms with Crippen molar-refractivity contribution in [3.05, 3.63) is 70.8 Å². The first-order valence-corrected chi connectivity index (χ1v) is 9.05. The van der Waals surface area contributed by atoms with E-state index in [4.69, 9.17) is 4.74 Å². The lowest BCUT2D eigenvalue weighted by atomic mass is 10.2. The number of rotatable bonds is 3. The van der Waals surface area contributed by atoms with Crippen LogP contribution in [-0.2, 0) is 0 Å². The van der Waals surface area contributed by atoms with Gasteiger partial charge in [0.2, 0.25) is 0 Å². The zero-order chi connectivity index (χ0) is 17.2. The highest BCUT2D eigenvalue weighted by Gasteiger charge is 2.28. The Labute approximate surface area is 154 Å². The van der Waals surface area contributed by atoms with E-state index in [1.54, 1.807) is 6.20 Å². The number of amides is 1. The van der Waals surface area contributed by atoms with Crippen molar-refractivity contribution >= 4 is 32.7 Å². The molecule has 25 heavy (non-hydrogen) atoms. The monoisotopic (exact) mass is 396 g/mol. The zero-order valence-corrected chi connectivity index (χ0v) is 15.1. The Kier molecular flexibility index (Phi) is 4.40. The van der Waals surface area contributed by atoms with Gasteiger partial charge in [0.15, 0.2) is 0 Å². The summed E-state index contributed by atoms with van der Waals surface area (Å²) in [6.45, 7) is 1.29. The number of hydrogen-bond acceptors (Lipinski definition) is 3. The van der Waals surface area contributed by atoms with Gasteiger partial charge in [-0.3, -0.25) is 9.78 Å². The third-order valence-corrected chi connectivity index (χ3v) is 4.89. The highest BCUT2D eigenvalue weighted by molar-refractivity contribution is 9.10. The molecule has 2 aromatic carbocycles. The normalized spacial score (nSPS) is 17.0. The second kappa shape index (κ2) is 6.84. The SMILES string of the molecule is O=C(c1cccc(Br)c1)N1CCC(Oc2cccc3cccnc23)C1. The third kappa shape index (κ3) is 3.37. The lowest BCUT2D eigenvalue weighted by molar-refractivity contribution is 0.0772. The molecule has 4 rings (SSSR count). The Morgan fingerprint density at radius 2 is 2.00 bits per heavy atom. The van der Waals surface area contributed by atoms with Gasteiger partial charge in [0, 0.05) is 34.6 Å². The summed E-state index contributed by atoms with van der Waals surface area (Å²) in [5.74, 6) is 0.822. The number of benzene rings is 2. The van der Waals surface area contributed by atoms with Gasteiger partial charge >= 0.3 is 0 Å². The van der Waals surface area contributed by atoms with Crippen LogP contribution in [0.2, 0.25) is 0 Å². The van der Waals surface area contributed by atoms with Gasteiger partial charge in [0.1, 0.15) is 17.4 Å². The van der Waals surface area contributed by atoms with Crippen LogP contribution in [-0.4, -0.2) is 35.0 Å². The van der Waals surface area contributed by atoms with Crippen LogP contribution in [0.1, 0.15) is 16.8 Å². The number of likely N-dealkylation sites (tertiary alicyclic amines) is 1. The van der Waals surface area contributed by atoms with Crippen LogP contribution >= 0.6 is 15.9 Å². The maximum Gasteiger partial charge on any atom is 0.254 e. The topological polar surface area (TPSA) is 42.4 Å². The van der Waals surface area contributed by atoms with Crippen LogP contribution in [0.3, 0.4) is 0 Å². The van der Waals surface area contributed by atoms with Crippen molar-refractivity contribution < 1.29 is 9.53 Å². The Morgan fingerprint density at radius 3 is 2.88 bits per heavy atom. The third-order valence-electron chi connectivity index (χ3n) is 4.39. The molecule has 1 aromatic heterocycles. The number of fused-ring (bicyclic) bond motifs is 1. The van der Waals surface area contributed by atoms with Crippen LogP contribution in [0.15, 0.2) is 65.3 Å². The molecule has 1 saturated heterocycles. The van der Waals surface area contributed by atoms with Gasteiger partial charge in [0.05, 0.1) is 6.54 Å². The van der Waals surface area contributed by atoms with E-state index in [9.17, 15) is 4.79 Å². The molecule has 126 valence electrons. The number of aromatic nitrogens is 1. The van der Waals surface area contributed by atoms with Crippen LogP contribution in [0, 0.1) is 0 Å². The quantitative estimate of drug-likeness (QED) is 0.662. The van der Waals surface area contributed by atoms with E-state index in [1.165, 1.54) is 0 Å². The fraction of sp³-hybridized carbons (Fsp3) is 0.200. The first-order valence-electron chi connectivity index (χ1n) is 8.26. The summed E-state index contributed by atoms with van der Waals surface area (Å²) in [6, 6.07) is 17.4.